The van der Waals surface area contributed by atoms with Crippen molar-refractivity contribution in [1.82, 2.24) is 19.5 Å². The summed E-state index contributed by atoms with van der Waals surface area (Å²) >= 11 is 1.58. The Labute approximate surface area is 202 Å². The van der Waals surface area contributed by atoms with Gasteiger partial charge in [-0.05, 0) is 48.0 Å². The van der Waals surface area contributed by atoms with E-state index >= 15 is 0 Å². The predicted molar refractivity (Wildman–Crippen MR) is 131 cm³/mol. The van der Waals surface area contributed by atoms with Crippen LogP contribution in [0.1, 0.15) is 11.4 Å². The Morgan fingerprint density at radius 1 is 0.971 bits per heavy atom. The van der Waals surface area contributed by atoms with Crippen molar-refractivity contribution in [3.05, 3.63) is 84.6 Å². The normalized spacial score (nSPS) is 13.4. The summed E-state index contributed by atoms with van der Waals surface area (Å²) in [6, 6.07) is 20.5. The smallest absolute Gasteiger partial charge is 0.228 e. The molecule has 0 spiro atoms. The molecular weight excluding hydrogens is 446 g/mol. The van der Waals surface area contributed by atoms with Crippen molar-refractivity contribution in [1.29, 1.82) is 5.26 Å². The van der Waals surface area contributed by atoms with Gasteiger partial charge in [0.1, 0.15) is 11.1 Å². The maximum absolute atomic E-state index is 9.12. The van der Waals surface area contributed by atoms with Gasteiger partial charge in [0.25, 0.3) is 0 Å². The molecule has 0 bridgehead atoms. The molecular formula is C25H23N7OS. The first-order valence-corrected chi connectivity index (χ1v) is 11.8. The molecule has 8 nitrogen and oxygen atoms in total. The Morgan fingerprint density at radius 2 is 1.76 bits per heavy atom. The van der Waals surface area contributed by atoms with Crippen LogP contribution in [0, 0.1) is 11.3 Å². The van der Waals surface area contributed by atoms with E-state index in [1.54, 1.807) is 24.2 Å². The Balaban J connectivity index is 1.21. The molecule has 3 heterocycles. The lowest BCUT2D eigenvalue weighted by atomic mass is 10.2. The number of morpholine rings is 1. The summed E-state index contributed by atoms with van der Waals surface area (Å²) in [5.74, 6) is 0.972. The summed E-state index contributed by atoms with van der Waals surface area (Å²) in [4.78, 5) is 16.5. The van der Waals surface area contributed by atoms with Gasteiger partial charge in [-0.2, -0.15) is 5.26 Å². The lowest BCUT2D eigenvalue weighted by molar-refractivity contribution is 0.122. The van der Waals surface area contributed by atoms with E-state index in [2.05, 4.69) is 67.6 Å². The molecule has 0 aliphatic carbocycles. The second-order valence-corrected chi connectivity index (χ2v) is 8.82. The van der Waals surface area contributed by atoms with Crippen LogP contribution in [-0.4, -0.2) is 45.8 Å². The highest BCUT2D eigenvalue weighted by Gasteiger charge is 2.11. The molecule has 0 atom stereocenters. The van der Waals surface area contributed by atoms with Crippen LogP contribution in [0.2, 0.25) is 0 Å². The Bertz CT molecular complexity index is 1280. The SMILES string of the molecule is N#Cc1nccn1Cc1ccc(Sc2ccnc(Nc3ccc(N4CCOCC4)cc3)n2)cc1. The van der Waals surface area contributed by atoms with Crippen LogP contribution in [0.4, 0.5) is 17.3 Å². The molecule has 1 aliphatic heterocycles. The molecule has 1 aliphatic rings. The average Bonchev–Trinajstić information content (AvgIpc) is 3.33. The van der Waals surface area contributed by atoms with Gasteiger partial charge in [-0.15, -0.1) is 0 Å². The van der Waals surface area contributed by atoms with Gasteiger partial charge in [0.2, 0.25) is 11.8 Å². The van der Waals surface area contributed by atoms with Crippen LogP contribution in [0.25, 0.3) is 0 Å². The molecule has 1 fully saturated rings. The van der Waals surface area contributed by atoms with Gasteiger partial charge in [-0.25, -0.2) is 15.0 Å². The van der Waals surface area contributed by atoms with E-state index in [-0.39, 0.29) is 0 Å². The number of benzene rings is 2. The number of nitrogens with one attached hydrogen (secondary N) is 1. The monoisotopic (exact) mass is 469 g/mol. The van der Waals surface area contributed by atoms with Gasteiger partial charge >= 0.3 is 0 Å². The number of rotatable bonds is 7. The largest absolute Gasteiger partial charge is 0.378 e. The minimum Gasteiger partial charge on any atom is -0.378 e. The van der Waals surface area contributed by atoms with E-state index in [0.29, 0.717) is 18.3 Å². The van der Waals surface area contributed by atoms with Gasteiger partial charge in [-0.1, -0.05) is 23.9 Å². The first kappa shape index (κ1) is 21.9. The van der Waals surface area contributed by atoms with Crippen LogP contribution >= 0.6 is 11.8 Å². The van der Waals surface area contributed by atoms with Crippen molar-refractivity contribution in [3.63, 3.8) is 0 Å². The van der Waals surface area contributed by atoms with Gasteiger partial charge in [0, 0.05) is 54.5 Å². The van der Waals surface area contributed by atoms with Crippen LogP contribution in [0.5, 0.6) is 0 Å². The van der Waals surface area contributed by atoms with Crippen LogP contribution in [0.3, 0.4) is 0 Å². The highest BCUT2D eigenvalue weighted by Crippen LogP contribution is 2.27. The fraction of sp³-hybridized carbons (Fsp3) is 0.200. The van der Waals surface area contributed by atoms with Gasteiger partial charge in [0.05, 0.1) is 13.2 Å². The Kier molecular flexibility index (Phi) is 6.70. The zero-order valence-corrected chi connectivity index (χ0v) is 19.3. The Morgan fingerprint density at radius 3 is 2.53 bits per heavy atom. The van der Waals surface area contributed by atoms with Gasteiger partial charge < -0.3 is 19.5 Å². The molecule has 170 valence electrons. The molecule has 1 N–H and O–H groups in total. The molecule has 9 heteroatoms. The number of aromatic nitrogens is 4. The lowest BCUT2D eigenvalue weighted by Crippen LogP contribution is -2.36. The van der Waals surface area contributed by atoms with E-state index in [1.807, 2.05) is 29.0 Å². The number of imidazole rings is 1. The molecule has 4 aromatic rings. The number of ether oxygens (including phenoxy) is 1. The third-order valence-corrected chi connectivity index (χ3v) is 6.39. The average molecular weight is 470 g/mol. The van der Waals surface area contributed by atoms with E-state index < -0.39 is 0 Å². The zero-order chi connectivity index (χ0) is 23.2. The molecule has 2 aromatic heterocycles. The molecule has 0 saturated carbocycles. The number of nitrogens with zero attached hydrogens (tertiary/aromatic N) is 6. The lowest BCUT2D eigenvalue weighted by Gasteiger charge is -2.28. The zero-order valence-electron chi connectivity index (χ0n) is 18.5. The van der Waals surface area contributed by atoms with E-state index in [1.165, 1.54) is 5.69 Å². The van der Waals surface area contributed by atoms with Crippen molar-refractivity contribution in [2.45, 2.75) is 16.5 Å². The maximum atomic E-state index is 9.12. The van der Waals surface area contributed by atoms with Crippen molar-refractivity contribution < 1.29 is 4.74 Å². The quantitative estimate of drug-likeness (QED) is 0.400. The third kappa shape index (κ3) is 5.36. The predicted octanol–water partition coefficient (Wildman–Crippen LogP) is 4.32. The molecule has 1 saturated heterocycles. The molecule has 34 heavy (non-hydrogen) atoms. The maximum Gasteiger partial charge on any atom is 0.228 e. The van der Waals surface area contributed by atoms with Crippen molar-refractivity contribution >= 4 is 29.1 Å². The molecule has 5 rings (SSSR count). The summed E-state index contributed by atoms with van der Waals surface area (Å²) in [5, 5.41) is 13.3. The highest BCUT2D eigenvalue weighted by molar-refractivity contribution is 7.99. The first-order chi connectivity index (χ1) is 16.8. The van der Waals surface area contributed by atoms with Crippen LogP contribution in [-0.2, 0) is 11.3 Å². The van der Waals surface area contributed by atoms with Crippen molar-refractivity contribution in [2.75, 3.05) is 36.5 Å². The van der Waals surface area contributed by atoms with E-state index in [0.717, 1.165) is 47.5 Å². The Hall–Kier alpha value is -3.87. The van der Waals surface area contributed by atoms with Gasteiger partial charge in [-0.3, -0.25) is 0 Å². The van der Waals surface area contributed by atoms with Gasteiger partial charge in [0.15, 0.2) is 0 Å². The number of nitriles is 1. The topological polar surface area (TPSA) is 91.9 Å². The molecule has 0 unspecified atom stereocenters. The molecule has 0 radical (unpaired) electrons. The van der Waals surface area contributed by atoms with Crippen LogP contribution in [0.15, 0.2) is 83.1 Å². The highest BCUT2D eigenvalue weighted by atomic mass is 32.2. The summed E-state index contributed by atoms with van der Waals surface area (Å²) < 4.78 is 7.26. The minimum atomic E-state index is 0.412. The summed E-state index contributed by atoms with van der Waals surface area (Å²) in [6.07, 6.45) is 5.21. The van der Waals surface area contributed by atoms with Crippen LogP contribution < -0.4 is 10.2 Å². The van der Waals surface area contributed by atoms with Crippen molar-refractivity contribution in [3.8, 4) is 6.07 Å². The number of hydrogen-bond acceptors (Lipinski definition) is 8. The van der Waals surface area contributed by atoms with E-state index in [4.69, 9.17) is 10.00 Å². The van der Waals surface area contributed by atoms with Crippen molar-refractivity contribution in [2.24, 2.45) is 0 Å². The standard InChI is InChI=1S/C25H23N7OS/c26-17-23-27-11-12-32(23)18-19-1-7-22(8-2-19)34-24-9-10-28-25(30-24)29-20-3-5-21(6-4-20)31-13-15-33-16-14-31/h1-12H,13-16,18H2,(H,28,29,30). The summed E-state index contributed by atoms with van der Waals surface area (Å²) in [5.41, 5.74) is 3.24. The molecule has 2 aromatic carbocycles. The fourth-order valence-electron chi connectivity index (χ4n) is 3.70. The number of hydrogen-bond donors (Lipinski definition) is 1. The third-order valence-electron chi connectivity index (χ3n) is 5.44. The van der Waals surface area contributed by atoms with E-state index in [9.17, 15) is 0 Å². The summed E-state index contributed by atoms with van der Waals surface area (Å²) in [7, 11) is 0. The first-order valence-electron chi connectivity index (χ1n) is 11.0. The number of anilines is 3. The fourth-order valence-corrected chi connectivity index (χ4v) is 4.47. The molecule has 0 amide bonds. The second kappa shape index (κ2) is 10.4. The summed E-state index contributed by atoms with van der Waals surface area (Å²) in [6.45, 7) is 3.99. The second-order valence-electron chi connectivity index (χ2n) is 7.73. The minimum absolute atomic E-state index is 0.412.